The molecule has 0 saturated carbocycles. The number of rotatable bonds is 6. The number of aliphatic hydroxyl groups excluding tert-OH is 1. The molecule has 1 atom stereocenters. The minimum Gasteiger partial charge on any atom is -0.393 e. The highest BCUT2D eigenvalue weighted by atomic mass is 35.5. The van der Waals surface area contributed by atoms with E-state index in [1.165, 1.54) is 0 Å². The van der Waals surface area contributed by atoms with Gasteiger partial charge >= 0.3 is 0 Å². The number of hydrogen-bond donors (Lipinski definition) is 2. The number of hydrogen-bond acceptors (Lipinski definition) is 5. The first kappa shape index (κ1) is 17.1. The molecule has 0 saturated heterocycles. The molecule has 0 aliphatic heterocycles. The molecule has 1 aromatic carbocycles. The van der Waals surface area contributed by atoms with Crippen molar-refractivity contribution in [3.8, 4) is 0 Å². The zero-order valence-corrected chi connectivity index (χ0v) is 14.0. The van der Waals surface area contributed by atoms with E-state index >= 15 is 0 Å². The number of halogens is 2. The van der Waals surface area contributed by atoms with Gasteiger partial charge in [-0.15, -0.1) is 11.3 Å². The van der Waals surface area contributed by atoms with Crippen molar-refractivity contribution in [2.75, 3.05) is 4.72 Å². The maximum atomic E-state index is 13.1. The second-order valence-corrected chi connectivity index (χ2v) is 7.54. The molecule has 5 nitrogen and oxygen atoms in total. The molecule has 0 aliphatic carbocycles. The summed E-state index contributed by atoms with van der Waals surface area (Å²) in [5, 5.41) is 11.1. The summed E-state index contributed by atoms with van der Waals surface area (Å²) in [6.45, 7) is 1.85. The topological polar surface area (TPSA) is 79.3 Å². The van der Waals surface area contributed by atoms with E-state index in [1.54, 1.807) is 5.38 Å². The van der Waals surface area contributed by atoms with E-state index in [4.69, 9.17) is 11.6 Å². The SMILES string of the molecule is CCC(O)Cc1csc(NS(=O)(=O)c2ccc(F)c(Cl)c2)n1. The molecule has 2 N–H and O–H groups in total. The highest BCUT2D eigenvalue weighted by molar-refractivity contribution is 7.93. The van der Waals surface area contributed by atoms with Gasteiger partial charge in [0.15, 0.2) is 5.13 Å². The van der Waals surface area contributed by atoms with Gasteiger partial charge in [0.25, 0.3) is 10.0 Å². The summed E-state index contributed by atoms with van der Waals surface area (Å²) in [6, 6.07) is 3.15. The molecule has 1 aromatic heterocycles. The van der Waals surface area contributed by atoms with Crippen LogP contribution in [0.5, 0.6) is 0 Å². The number of thiazole rings is 1. The highest BCUT2D eigenvalue weighted by Crippen LogP contribution is 2.24. The van der Waals surface area contributed by atoms with Gasteiger partial charge < -0.3 is 5.11 Å². The van der Waals surface area contributed by atoms with Crippen LogP contribution in [0.4, 0.5) is 9.52 Å². The van der Waals surface area contributed by atoms with E-state index in [0.717, 1.165) is 29.5 Å². The van der Waals surface area contributed by atoms with E-state index in [9.17, 15) is 17.9 Å². The molecule has 0 fully saturated rings. The average Bonchev–Trinajstić information content (AvgIpc) is 2.87. The summed E-state index contributed by atoms with van der Waals surface area (Å²) in [4.78, 5) is 3.96. The largest absolute Gasteiger partial charge is 0.393 e. The molecule has 2 rings (SSSR count). The fraction of sp³-hybridized carbons (Fsp3) is 0.308. The lowest BCUT2D eigenvalue weighted by atomic mass is 10.2. The van der Waals surface area contributed by atoms with E-state index in [1.807, 2.05) is 6.92 Å². The summed E-state index contributed by atoms with van der Waals surface area (Å²) >= 11 is 6.70. The number of sulfonamides is 1. The molecular formula is C13H14ClFN2O3S2. The van der Waals surface area contributed by atoms with Crippen LogP contribution < -0.4 is 4.72 Å². The van der Waals surface area contributed by atoms with E-state index in [0.29, 0.717) is 18.5 Å². The maximum Gasteiger partial charge on any atom is 0.263 e. The Labute approximate surface area is 136 Å². The minimum absolute atomic E-state index is 0.149. The van der Waals surface area contributed by atoms with Crippen molar-refractivity contribution < 1.29 is 17.9 Å². The number of benzene rings is 1. The lowest BCUT2D eigenvalue weighted by molar-refractivity contribution is 0.170. The molecule has 1 heterocycles. The Morgan fingerprint density at radius 2 is 2.23 bits per heavy atom. The normalized spacial score (nSPS) is 13.1. The molecule has 120 valence electrons. The molecule has 0 spiro atoms. The van der Waals surface area contributed by atoms with Crippen molar-refractivity contribution >= 4 is 38.1 Å². The molecule has 0 radical (unpaired) electrons. The van der Waals surface area contributed by atoms with Crippen molar-refractivity contribution in [3.05, 3.63) is 40.1 Å². The highest BCUT2D eigenvalue weighted by Gasteiger charge is 2.18. The second-order valence-electron chi connectivity index (χ2n) is 4.59. The van der Waals surface area contributed by atoms with Crippen molar-refractivity contribution in [1.29, 1.82) is 0 Å². The van der Waals surface area contributed by atoms with Gasteiger partial charge in [0.2, 0.25) is 0 Å². The van der Waals surface area contributed by atoms with Gasteiger partial charge in [-0.25, -0.2) is 17.8 Å². The number of aliphatic hydroxyl groups is 1. The molecule has 0 bridgehead atoms. The van der Waals surface area contributed by atoms with Crippen LogP contribution in [0.3, 0.4) is 0 Å². The van der Waals surface area contributed by atoms with Crippen LogP contribution in [0.1, 0.15) is 19.0 Å². The summed E-state index contributed by atoms with van der Waals surface area (Å²) in [7, 11) is -3.89. The van der Waals surface area contributed by atoms with Gasteiger partial charge in [-0.1, -0.05) is 18.5 Å². The van der Waals surface area contributed by atoms with E-state index < -0.39 is 21.9 Å². The first-order chi connectivity index (χ1) is 10.3. The summed E-state index contributed by atoms with van der Waals surface area (Å²) in [6.07, 6.45) is 0.437. The van der Waals surface area contributed by atoms with Crippen LogP contribution in [-0.2, 0) is 16.4 Å². The summed E-state index contributed by atoms with van der Waals surface area (Å²) in [5.41, 5.74) is 0.606. The lowest BCUT2D eigenvalue weighted by Crippen LogP contribution is -2.13. The van der Waals surface area contributed by atoms with Gasteiger partial charge in [-0.2, -0.15) is 0 Å². The van der Waals surface area contributed by atoms with Crippen LogP contribution in [0.15, 0.2) is 28.5 Å². The zero-order chi connectivity index (χ0) is 16.3. The first-order valence-electron chi connectivity index (χ1n) is 6.42. The second kappa shape index (κ2) is 6.91. The fourth-order valence-electron chi connectivity index (χ4n) is 1.65. The van der Waals surface area contributed by atoms with Crippen molar-refractivity contribution in [3.63, 3.8) is 0 Å². The van der Waals surface area contributed by atoms with Crippen LogP contribution in [0.25, 0.3) is 0 Å². The molecule has 2 aromatic rings. The number of anilines is 1. The Kier molecular flexibility index (Phi) is 5.38. The molecule has 1 unspecified atom stereocenters. The Bertz CT molecular complexity index is 764. The quantitative estimate of drug-likeness (QED) is 0.825. The van der Waals surface area contributed by atoms with Gasteiger partial charge in [0, 0.05) is 11.8 Å². The predicted octanol–water partition coefficient (Wildman–Crippen LogP) is 3.05. The first-order valence-corrected chi connectivity index (χ1v) is 9.16. The lowest BCUT2D eigenvalue weighted by Gasteiger charge is -2.06. The van der Waals surface area contributed by atoms with Crippen LogP contribution in [0.2, 0.25) is 5.02 Å². The van der Waals surface area contributed by atoms with Gasteiger partial charge in [0.05, 0.1) is 21.7 Å². The van der Waals surface area contributed by atoms with Gasteiger partial charge in [-0.3, -0.25) is 4.72 Å². The van der Waals surface area contributed by atoms with E-state index in [2.05, 4.69) is 9.71 Å². The van der Waals surface area contributed by atoms with Crippen molar-refractivity contribution in [2.45, 2.75) is 30.8 Å². The number of nitrogens with one attached hydrogen (secondary N) is 1. The fourth-order valence-corrected chi connectivity index (χ4v) is 3.90. The maximum absolute atomic E-state index is 13.1. The van der Waals surface area contributed by atoms with Crippen LogP contribution in [0, 0.1) is 5.82 Å². The summed E-state index contributed by atoms with van der Waals surface area (Å²) in [5.74, 6) is -0.689. The molecule has 9 heteroatoms. The van der Waals surface area contributed by atoms with Crippen LogP contribution >= 0.6 is 22.9 Å². The van der Waals surface area contributed by atoms with Crippen molar-refractivity contribution in [2.24, 2.45) is 0 Å². The standard InChI is InChI=1S/C13H14ClFN2O3S2/c1-2-9(18)5-8-7-21-13(16-8)17-22(19,20)10-3-4-12(15)11(14)6-10/h3-4,6-7,9,18H,2,5H2,1H3,(H,16,17). The zero-order valence-electron chi connectivity index (χ0n) is 11.6. The van der Waals surface area contributed by atoms with Gasteiger partial charge in [0.1, 0.15) is 5.82 Å². The Morgan fingerprint density at radius 3 is 2.86 bits per heavy atom. The molecular weight excluding hydrogens is 351 g/mol. The number of nitrogens with zero attached hydrogens (tertiary/aromatic N) is 1. The Balaban J connectivity index is 2.16. The third-order valence-corrected chi connectivity index (χ3v) is 5.45. The minimum atomic E-state index is -3.89. The summed E-state index contributed by atoms with van der Waals surface area (Å²) < 4.78 is 39.8. The average molecular weight is 365 g/mol. The molecule has 0 aliphatic rings. The monoisotopic (exact) mass is 364 g/mol. The number of aromatic nitrogens is 1. The van der Waals surface area contributed by atoms with Crippen molar-refractivity contribution in [1.82, 2.24) is 4.98 Å². The van der Waals surface area contributed by atoms with Crippen LogP contribution in [-0.4, -0.2) is 24.6 Å². The smallest absolute Gasteiger partial charge is 0.263 e. The van der Waals surface area contributed by atoms with Gasteiger partial charge in [-0.05, 0) is 24.6 Å². The molecule has 0 amide bonds. The Hall–Kier alpha value is -1.22. The molecule has 22 heavy (non-hydrogen) atoms. The third kappa shape index (κ3) is 4.16. The van der Waals surface area contributed by atoms with E-state index in [-0.39, 0.29) is 15.0 Å². The predicted molar refractivity (Wildman–Crippen MR) is 84.3 cm³/mol. The Morgan fingerprint density at radius 1 is 1.50 bits per heavy atom. The third-order valence-electron chi connectivity index (χ3n) is 2.89.